The monoisotopic (exact) mass is 318 g/mol. The number of nitrogens with zero attached hydrogens (tertiary/aromatic N) is 2. The molecule has 0 saturated heterocycles. The molecule has 0 bridgehead atoms. The summed E-state index contributed by atoms with van der Waals surface area (Å²) in [5.41, 5.74) is 2.61. The molecule has 0 fully saturated rings. The van der Waals surface area contributed by atoms with Crippen molar-refractivity contribution in [2.45, 2.75) is 6.92 Å². The summed E-state index contributed by atoms with van der Waals surface area (Å²) in [4.78, 5) is 8.93. The zero-order chi connectivity index (χ0) is 15.0. The molecule has 0 N–H and O–H groups in total. The van der Waals surface area contributed by atoms with Crippen LogP contribution in [0.25, 0.3) is 22.3 Å². The third-order valence-electron chi connectivity index (χ3n) is 3.22. The first-order chi connectivity index (χ1) is 10.1. The van der Waals surface area contributed by atoms with Gasteiger partial charge in [-0.25, -0.2) is 9.97 Å². The number of aromatic nitrogens is 2. The van der Waals surface area contributed by atoms with Crippen LogP contribution in [-0.2, 0) is 0 Å². The van der Waals surface area contributed by atoms with Gasteiger partial charge in [0.1, 0.15) is 10.9 Å². The summed E-state index contributed by atoms with van der Waals surface area (Å²) in [7, 11) is 1.62. The van der Waals surface area contributed by atoms with Crippen LogP contribution in [0.5, 0.6) is 5.75 Å². The molecule has 1 aromatic heterocycles. The molecular weight excluding hydrogens is 307 g/mol. The predicted octanol–water partition coefficient (Wildman–Crippen LogP) is 4.92. The molecule has 0 unspecified atom stereocenters. The van der Waals surface area contributed by atoms with Gasteiger partial charge in [-0.2, -0.15) is 0 Å². The number of ether oxygens (including phenoxy) is 1. The van der Waals surface area contributed by atoms with Crippen LogP contribution in [-0.4, -0.2) is 17.1 Å². The molecule has 3 aromatic rings. The van der Waals surface area contributed by atoms with Crippen LogP contribution in [0, 0.1) is 6.92 Å². The zero-order valence-corrected chi connectivity index (χ0v) is 13.0. The Balaban J connectivity index is 2.29. The van der Waals surface area contributed by atoms with Crippen molar-refractivity contribution in [3.63, 3.8) is 0 Å². The van der Waals surface area contributed by atoms with Crippen LogP contribution in [0.15, 0.2) is 36.4 Å². The summed E-state index contributed by atoms with van der Waals surface area (Å²) in [5, 5.41) is 1.54. The van der Waals surface area contributed by atoms with Gasteiger partial charge in [-0.1, -0.05) is 40.9 Å². The van der Waals surface area contributed by atoms with Crippen molar-refractivity contribution in [2.24, 2.45) is 0 Å². The number of hydrogen-bond donors (Lipinski definition) is 0. The van der Waals surface area contributed by atoms with Crippen molar-refractivity contribution in [3.8, 4) is 17.1 Å². The van der Waals surface area contributed by atoms with Gasteiger partial charge >= 0.3 is 0 Å². The Morgan fingerprint density at radius 2 is 1.86 bits per heavy atom. The van der Waals surface area contributed by atoms with E-state index in [2.05, 4.69) is 9.97 Å². The van der Waals surface area contributed by atoms with Crippen LogP contribution in [0.4, 0.5) is 0 Å². The summed E-state index contributed by atoms with van der Waals surface area (Å²) in [5.74, 6) is 1.23. The molecule has 3 nitrogen and oxygen atoms in total. The number of hydrogen-bond acceptors (Lipinski definition) is 3. The molecule has 2 aromatic carbocycles. The lowest BCUT2D eigenvalue weighted by Crippen LogP contribution is -1.96. The lowest BCUT2D eigenvalue weighted by Gasteiger charge is -2.10. The highest BCUT2D eigenvalue weighted by Crippen LogP contribution is 2.33. The molecule has 3 rings (SSSR count). The summed E-state index contributed by atoms with van der Waals surface area (Å²) in [6.07, 6.45) is 0. The van der Waals surface area contributed by atoms with Crippen molar-refractivity contribution in [3.05, 3.63) is 52.1 Å². The highest BCUT2D eigenvalue weighted by Gasteiger charge is 2.14. The van der Waals surface area contributed by atoms with E-state index in [4.69, 9.17) is 27.9 Å². The van der Waals surface area contributed by atoms with Gasteiger partial charge in [-0.05, 0) is 31.2 Å². The van der Waals surface area contributed by atoms with E-state index in [1.165, 1.54) is 0 Å². The average Bonchev–Trinajstić information content (AvgIpc) is 2.47. The third-order valence-corrected chi connectivity index (χ3v) is 3.81. The van der Waals surface area contributed by atoms with Crippen LogP contribution in [0.2, 0.25) is 10.2 Å². The molecule has 5 heteroatoms. The summed E-state index contributed by atoms with van der Waals surface area (Å²) >= 11 is 12.4. The Morgan fingerprint density at radius 3 is 2.62 bits per heavy atom. The minimum Gasteiger partial charge on any atom is -0.496 e. The fraction of sp³-hybridized carbons (Fsp3) is 0.125. The smallest absolute Gasteiger partial charge is 0.165 e. The lowest BCUT2D eigenvalue weighted by molar-refractivity contribution is 0.416. The van der Waals surface area contributed by atoms with E-state index in [9.17, 15) is 0 Å². The van der Waals surface area contributed by atoms with Gasteiger partial charge in [0.05, 0.1) is 28.6 Å². The Hall–Kier alpha value is -1.84. The van der Waals surface area contributed by atoms with Gasteiger partial charge < -0.3 is 4.74 Å². The SMILES string of the molecule is COc1ccc(C)cc1-c1nc(Cl)c2c(Cl)cccc2n1. The fourth-order valence-corrected chi connectivity index (χ4v) is 2.80. The van der Waals surface area contributed by atoms with Crippen LogP contribution < -0.4 is 4.74 Å². The number of methoxy groups -OCH3 is 1. The molecule has 0 aliphatic carbocycles. The number of rotatable bonds is 2. The maximum absolute atomic E-state index is 6.28. The van der Waals surface area contributed by atoms with Crippen molar-refractivity contribution in [1.82, 2.24) is 9.97 Å². The van der Waals surface area contributed by atoms with Crippen molar-refractivity contribution in [1.29, 1.82) is 0 Å². The number of aryl methyl sites for hydroxylation is 1. The number of benzene rings is 2. The molecule has 0 aliphatic heterocycles. The van der Waals surface area contributed by atoms with Crippen LogP contribution >= 0.6 is 23.2 Å². The maximum atomic E-state index is 6.28. The lowest BCUT2D eigenvalue weighted by atomic mass is 10.1. The van der Waals surface area contributed by atoms with Gasteiger partial charge in [0.25, 0.3) is 0 Å². The standard InChI is InChI=1S/C16H12Cl2N2O/c1-9-6-7-13(21-2)10(8-9)16-19-12-5-3-4-11(17)14(12)15(18)20-16/h3-8H,1-2H3. The highest BCUT2D eigenvalue weighted by atomic mass is 35.5. The second-order valence-electron chi connectivity index (χ2n) is 4.68. The number of halogens is 2. The molecule has 1 heterocycles. The topological polar surface area (TPSA) is 35.0 Å². The second-order valence-corrected chi connectivity index (χ2v) is 5.44. The van der Waals surface area contributed by atoms with Crippen molar-refractivity contribution >= 4 is 34.1 Å². The average molecular weight is 319 g/mol. The largest absolute Gasteiger partial charge is 0.496 e. The fourth-order valence-electron chi connectivity index (χ4n) is 2.22. The molecule has 21 heavy (non-hydrogen) atoms. The van der Waals surface area contributed by atoms with Crippen LogP contribution in [0.3, 0.4) is 0 Å². The van der Waals surface area contributed by atoms with E-state index < -0.39 is 0 Å². The van der Waals surface area contributed by atoms with E-state index in [1.54, 1.807) is 13.2 Å². The quantitative estimate of drug-likeness (QED) is 0.629. The Kier molecular flexibility index (Phi) is 3.70. The molecule has 0 amide bonds. The highest BCUT2D eigenvalue weighted by molar-refractivity contribution is 6.41. The second kappa shape index (κ2) is 5.51. The van der Waals surface area contributed by atoms with Gasteiger partial charge in [0.15, 0.2) is 5.82 Å². The van der Waals surface area contributed by atoms with E-state index in [0.29, 0.717) is 32.7 Å². The first kappa shape index (κ1) is 14.1. The van der Waals surface area contributed by atoms with E-state index >= 15 is 0 Å². The Bertz CT molecular complexity index is 834. The Labute approximate surface area is 132 Å². The van der Waals surface area contributed by atoms with Crippen LogP contribution in [0.1, 0.15) is 5.56 Å². The first-order valence-corrected chi connectivity index (χ1v) is 7.12. The molecule has 0 radical (unpaired) electrons. The molecular formula is C16H12Cl2N2O. The minimum absolute atomic E-state index is 0.337. The summed E-state index contributed by atoms with van der Waals surface area (Å²) in [6, 6.07) is 11.3. The molecule has 0 aliphatic rings. The third kappa shape index (κ3) is 2.55. The normalized spacial score (nSPS) is 10.9. The molecule has 0 saturated carbocycles. The van der Waals surface area contributed by atoms with E-state index in [-0.39, 0.29) is 0 Å². The van der Waals surface area contributed by atoms with Gasteiger partial charge in [0, 0.05) is 0 Å². The van der Waals surface area contributed by atoms with E-state index in [0.717, 1.165) is 11.1 Å². The van der Waals surface area contributed by atoms with Gasteiger partial charge in [0.2, 0.25) is 0 Å². The van der Waals surface area contributed by atoms with Gasteiger partial charge in [-0.3, -0.25) is 0 Å². The molecule has 0 atom stereocenters. The maximum Gasteiger partial charge on any atom is 0.165 e. The van der Waals surface area contributed by atoms with Crippen molar-refractivity contribution in [2.75, 3.05) is 7.11 Å². The summed E-state index contributed by atoms with van der Waals surface area (Å²) in [6.45, 7) is 2.00. The van der Waals surface area contributed by atoms with Gasteiger partial charge in [-0.15, -0.1) is 0 Å². The molecule has 106 valence electrons. The predicted molar refractivity (Wildman–Crippen MR) is 86.3 cm³/mol. The van der Waals surface area contributed by atoms with Crippen molar-refractivity contribution < 1.29 is 4.74 Å². The zero-order valence-electron chi connectivity index (χ0n) is 11.5. The number of fused-ring (bicyclic) bond motifs is 1. The van der Waals surface area contributed by atoms with E-state index in [1.807, 2.05) is 37.3 Å². The summed E-state index contributed by atoms with van der Waals surface area (Å²) < 4.78 is 5.38. The Morgan fingerprint density at radius 1 is 1.05 bits per heavy atom. The first-order valence-electron chi connectivity index (χ1n) is 6.37. The molecule has 0 spiro atoms. The minimum atomic E-state index is 0.337.